The fraction of sp³-hybridized carbons (Fsp3) is 0.0909. The molecule has 1 amide bonds. The van der Waals surface area contributed by atoms with E-state index in [1.807, 2.05) is 47.8 Å². The molecule has 6 nitrogen and oxygen atoms in total. The van der Waals surface area contributed by atoms with Crippen LogP contribution in [0.5, 0.6) is 5.75 Å². The molecule has 4 aromatic rings. The highest BCUT2D eigenvalue weighted by molar-refractivity contribution is 7.13. The van der Waals surface area contributed by atoms with Crippen LogP contribution in [0.3, 0.4) is 0 Å². The first kappa shape index (κ1) is 18.8. The Hall–Kier alpha value is -3.58. The van der Waals surface area contributed by atoms with Gasteiger partial charge in [0.25, 0.3) is 0 Å². The minimum Gasteiger partial charge on any atom is -0.489 e. The first-order chi connectivity index (χ1) is 14.3. The number of hydrogen-bond acceptors (Lipinski definition) is 6. The van der Waals surface area contributed by atoms with Crippen molar-refractivity contribution in [2.75, 3.05) is 5.32 Å². The smallest absolute Gasteiger partial charge is 0.230 e. The molecule has 0 bridgehead atoms. The predicted molar refractivity (Wildman–Crippen MR) is 113 cm³/mol. The van der Waals surface area contributed by atoms with Gasteiger partial charge in [-0.15, -0.1) is 11.3 Å². The van der Waals surface area contributed by atoms with Crippen LogP contribution in [0.15, 0.2) is 78.7 Å². The number of nitrogens with zero attached hydrogens (tertiary/aromatic N) is 3. The zero-order valence-corrected chi connectivity index (χ0v) is 16.3. The third-order valence-electron chi connectivity index (χ3n) is 4.05. The Morgan fingerprint density at radius 2 is 1.90 bits per heavy atom. The molecule has 7 heteroatoms. The van der Waals surface area contributed by atoms with E-state index in [9.17, 15) is 4.79 Å². The fourth-order valence-electron chi connectivity index (χ4n) is 2.69. The number of aromatic nitrogens is 3. The van der Waals surface area contributed by atoms with Gasteiger partial charge < -0.3 is 10.1 Å². The minimum atomic E-state index is -0.127. The van der Waals surface area contributed by atoms with Crippen molar-refractivity contribution in [3.63, 3.8) is 0 Å². The first-order valence-corrected chi connectivity index (χ1v) is 9.91. The van der Waals surface area contributed by atoms with Crippen molar-refractivity contribution in [1.29, 1.82) is 0 Å². The molecule has 1 aromatic carbocycles. The molecule has 0 fully saturated rings. The maximum atomic E-state index is 12.4. The molecule has 0 radical (unpaired) electrons. The van der Waals surface area contributed by atoms with Crippen LogP contribution in [0.1, 0.15) is 11.3 Å². The topological polar surface area (TPSA) is 77.0 Å². The van der Waals surface area contributed by atoms with Crippen LogP contribution in [-0.4, -0.2) is 20.9 Å². The van der Waals surface area contributed by atoms with Gasteiger partial charge >= 0.3 is 0 Å². The lowest BCUT2D eigenvalue weighted by atomic mass is 10.2. The van der Waals surface area contributed by atoms with Crippen molar-refractivity contribution >= 4 is 22.9 Å². The molecule has 0 aliphatic rings. The Balaban J connectivity index is 1.34. The minimum absolute atomic E-state index is 0.127. The number of carbonyl (C=O) groups is 1. The van der Waals surface area contributed by atoms with Crippen molar-refractivity contribution < 1.29 is 9.53 Å². The van der Waals surface area contributed by atoms with Gasteiger partial charge in [-0.2, -0.15) is 0 Å². The number of ether oxygens (including phenoxy) is 1. The summed E-state index contributed by atoms with van der Waals surface area (Å²) < 4.78 is 5.78. The van der Waals surface area contributed by atoms with E-state index in [1.54, 1.807) is 30.9 Å². The molecule has 3 aromatic heterocycles. The molecule has 0 spiro atoms. The maximum Gasteiger partial charge on any atom is 0.230 e. The number of amides is 1. The summed E-state index contributed by atoms with van der Waals surface area (Å²) in [4.78, 5) is 25.1. The second-order valence-corrected chi connectivity index (χ2v) is 7.15. The lowest BCUT2D eigenvalue weighted by Gasteiger charge is -2.09. The Morgan fingerprint density at radius 3 is 2.69 bits per heavy atom. The van der Waals surface area contributed by atoms with Crippen molar-refractivity contribution in [1.82, 2.24) is 15.0 Å². The largest absolute Gasteiger partial charge is 0.489 e. The van der Waals surface area contributed by atoms with Gasteiger partial charge in [-0.25, -0.2) is 4.98 Å². The quantitative estimate of drug-likeness (QED) is 0.497. The molecule has 0 saturated heterocycles. The average Bonchev–Trinajstić information content (AvgIpc) is 3.22. The Morgan fingerprint density at radius 1 is 1.03 bits per heavy atom. The molecule has 0 aliphatic carbocycles. The van der Waals surface area contributed by atoms with E-state index in [2.05, 4.69) is 20.3 Å². The number of rotatable bonds is 7. The number of thiazole rings is 1. The van der Waals surface area contributed by atoms with Crippen molar-refractivity contribution in [3.05, 3.63) is 90.0 Å². The average molecular weight is 402 g/mol. The molecule has 29 heavy (non-hydrogen) atoms. The first-order valence-electron chi connectivity index (χ1n) is 9.03. The Labute approximate surface area is 172 Å². The van der Waals surface area contributed by atoms with Crippen LogP contribution in [0.25, 0.3) is 10.6 Å². The second-order valence-electron chi connectivity index (χ2n) is 6.29. The van der Waals surface area contributed by atoms with Crippen molar-refractivity contribution in [3.8, 4) is 16.3 Å². The zero-order chi connectivity index (χ0) is 19.9. The lowest BCUT2D eigenvalue weighted by Crippen LogP contribution is -2.14. The zero-order valence-electron chi connectivity index (χ0n) is 15.5. The van der Waals surface area contributed by atoms with Crippen LogP contribution in [0.4, 0.5) is 5.69 Å². The molecular formula is C22H18N4O2S. The van der Waals surface area contributed by atoms with E-state index in [0.717, 1.165) is 21.8 Å². The summed E-state index contributed by atoms with van der Waals surface area (Å²) in [6, 6.07) is 15.0. The summed E-state index contributed by atoms with van der Waals surface area (Å²) in [7, 11) is 0. The third-order valence-corrected chi connectivity index (χ3v) is 4.99. The van der Waals surface area contributed by atoms with Gasteiger partial charge in [0.05, 0.1) is 12.1 Å². The SMILES string of the molecule is O=C(Cc1csc(-c2cccnc2)n1)Nc1cccc(OCc2cccnc2)c1. The molecule has 144 valence electrons. The molecule has 4 rings (SSSR count). The predicted octanol–water partition coefficient (Wildman–Crippen LogP) is 4.36. The summed E-state index contributed by atoms with van der Waals surface area (Å²) in [6.07, 6.45) is 7.18. The number of hydrogen-bond donors (Lipinski definition) is 1. The Bertz CT molecular complexity index is 1080. The van der Waals surface area contributed by atoms with Crippen LogP contribution in [0, 0.1) is 0 Å². The van der Waals surface area contributed by atoms with Gasteiger partial charge in [-0.05, 0) is 30.3 Å². The standard InChI is InChI=1S/C22H18N4O2S/c27-21(11-19-15-29-22(26-19)17-5-3-9-24-13-17)25-18-6-1-7-20(10-18)28-14-16-4-2-8-23-12-16/h1-10,12-13,15H,11,14H2,(H,25,27). The summed E-state index contributed by atoms with van der Waals surface area (Å²) in [5, 5.41) is 5.65. The second kappa shape index (κ2) is 9.07. The van der Waals surface area contributed by atoms with Gasteiger partial charge in [0.1, 0.15) is 17.4 Å². The molecule has 0 aliphatic heterocycles. The van der Waals surface area contributed by atoms with Crippen LogP contribution < -0.4 is 10.1 Å². The van der Waals surface area contributed by atoms with Crippen LogP contribution in [-0.2, 0) is 17.8 Å². The van der Waals surface area contributed by atoms with Crippen LogP contribution >= 0.6 is 11.3 Å². The van der Waals surface area contributed by atoms with Gasteiger partial charge in [-0.3, -0.25) is 14.8 Å². The molecule has 0 atom stereocenters. The van der Waals surface area contributed by atoms with Gasteiger partial charge in [0.2, 0.25) is 5.91 Å². The van der Waals surface area contributed by atoms with E-state index in [1.165, 1.54) is 11.3 Å². The van der Waals surface area contributed by atoms with E-state index >= 15 is 0 Å². The highest BCUT2D eigenvalue weighted by Gasteiger charge is 2.10. The van der Waals surface area contributed by atoms with Crippen molar-refractivity contribution in [2.45, 2.75) is 13.0 Å². The van der Waals surface area contributed by atoms with Gasteiger partial charge in [0.15, 0.2) is 0 Å². The summed E-state index contributed by atoms with van der Waals surface area (Å²) in [5.41, 5.74) is 3.34. The summed E-state index contributed by atoms with van der Waals surface area (Å²) in [6.45, 7) is 0.418. The molecule has 3 heterocycles. The molecule has 1 N–H and O–H groups in total. The molecule has 0 unspecified atom stereocenters. The molecular weight excluding hydrogens is 384 g/mol. The van der Waals surface area contributed by atoms with Gasteiger partial charge in [0, 0.05) is 53.0 Å². The van der Waals surface area contributed by atoms with E-state index in [4.69, 9.17) is 4.74 Å². The normalized spacial score (nSPS) is 10.5. The van der Waals surface area contributed by atoms with Gasteiger partial charge in [-0.1, -0.05) is 12.1 Å². The highest BCUT2D eigenvalue weighted by Crippen LogP contribution is 2.23. The fourth-order valence-corrected chi connectivity index (χ4v) is 3.50. The monoisotopic (exact) mass is 402 g/mol. The van der Waals surface area contributed by atoms with Crippen LogP contribution in [0.2, 0.25) is 0 Å². The lowest BCUT2D eigenvalue weighted by molar-refractivity contribution is -0.115. The summed E-state index contributed by atoms with van der Waals surface area (Å²) in [5.74, 6) is 0.552. The highest BCUT2D eigenvalue weighted by atomic mass is 32.1. The van der Waals surface area contributed by atoms with Crippen molar-refractivity contribution in [2.24, 2.45) is 0 Å². The molecule has 0 saturated carbocycles. The van der Waals surface area contributed by atoms with E-state index in [-0.39, 0.29) is 12.3 Å². The maximum absolute atomic E-state index is 12.4. The number of carbonyl (C=O) groups excluding carboxylic acids is 1. The number of nitrogens with one attached hydrogen (secondary N) is 1. The Kier molecular flexibility index (Phi) is 5.87. The third kappa shape index (κ3) is 5.24. The number of pyridine rings is 2. The van der Waals surface area contributed by atoms with E-state index in [0.29, 0.717) is 18.0 Å². The number of anilines is 1. The number of benzene rings is 1. The summed E-state index contributed by atoms with van der Waals surface area (Å²) >= 11 is 1.50. The van der Waals surface area contributed by atoms with E-state index < -0.39 is 0 Å².